The molecule has 0 aliphatic heterocycles. The van der Waals surface area contributed by atoms with Gasteiger partial charge in [-0.15, -0.1) is 11.3 Å². The minimum absolute atomic E-state index is 0.115. The van der Waals surface area contributed by atoms with E-state index in [1.54, 1.807) is 14.0 Å². The van der Waals surface area contributed by atoms with Gasteiger partial charge in [-0.1, -0.05) is 18.5 Å². The van der Waals surface area contributed by atoms with Crippen molar-refractivity contribution in [3.05, 3.63) is 50.9 Å². The third-order valence-electron chi connectivity index (χ3n) is 3.83. The second-order valence-corrected chi connectivity index (χ2v) is 7.32. The fourth-order valence-corrected chi connectivity index (χ4v) is 3.52. The Hall–Kier alpha value is -1.64. The lowest BCUT2D eigenvalue weighted by molar-refractivity contribution is -0.134. The summed E-state index contributed by atoms with van der Waals surface area (Å²) in [6, 6.07) is 5.65. The van der Waals surface area contributed by atoms with E-state index < -0.39 is 22.9 Å². The number of likely N-dealkylation sites (N-methyl/N-ethyl adjacent to an activating group) is 1. The minimum atomic E-state index is -4.37. The molecule has 2 aromatic rings. The summed E-state index contributed by atoms with van der Waals surface area (Å²) in [5, 5.41) is 5.35. The third kappa shape index (κ3) is 5.18. The molecule has 2 rings (SSSR count). The van der Waals surface area contributed by atoms with Crippen LogP contribution in [-0.4, -0.2) is 19.0 Å². The highest BCUT2D eigenvalue weighted by molar-refractivity contribution is 7.12. The zero-order valence-corrected chi connectivity index (χ0v) is 15.5. The molecule has 2 N–H and O–H groups in total. The Kier molecular flexibility index (Phi) is 6.65. The van der Waals surface area contributed by atoms with E-state index in [0.29, 0.717) is 28.3 Å². The van der Waals surface area contributed by atoms with Gasteiger partial charge in [-0.2, -0.15) is 13.2 Å². The number of anilines is 1. The first kappa shape index (κ1) is 20.7. The summed E-state index contributed by atoms with van der Waals surface area (Å²) in [7, 11) is 1.59. The standard InChI is InChI=1S/C17H17ClF4N2OS/c1-9(14-5-6-15(26-14)17(20,21)22)7-13(23-2)16(25)24-10-3-4-12(19)11(18)8-10/h3-6,8-9,13,23H,7H2,1-2H3,(H,24,25)/t9-,13+/m1/s1. The number of halogens is 5. The monoisotopic (exact) mass is 408 g/mol. The van der Waals surface area contributed by atoms with Crippen molar-refractivity contribution in [2.24, 2.45) is 0 Å². The Morgan fingerprint density at radius 3 is 2.50 bits per heavy atom. The average molecular weight is 409 g/mol. The first-order valence-electron chi connectivity index (χ1n) is 7.72. The molecule has 1 amide bonds. The van der Waals surface area contributed by atoms with Crippen LogP contribution in [0.2, 0.25) is 5.02 Å². The van der Waals surface area contributed by atoms with E-state index >= 15 is 0 Å². The molecule has 0 spiro atoms. The molecule has 26 heavy (non-hydrogen) atoms. The Balaban J connectivity index is 2.04. The number of amides is 1. The predicted octanol–water partition coefficient (Wildman–Crippen LogP) is 5.28. The van der Waals surface area contributed by atoms with Gasteiger partial charge in [0.25, 0.3) is 0 Å². The molecule has 0 unspecified atom stereocenters. The number of nitrogens with one attached hydrogen (secondary N) is 2. The number of hydrogen-bond acceptors (Lipinski definition) is 3. The summed E-state index contributed by atoms with van der Waals surface area (Å²) in [5.41, 5.74) is 0.338. The topological polar surface area (TPSA) is 41.1 Å². The van der Waals surface area contributed by atoms with Crippen molar-refractivity contribution in [1.29, 1.82) is 0 Å². The first-order valence-corrected chi connectivity index (χ1v) is 8.91. The Morgan fingerprint density at radius 1 is 1.27 bits per heavy atom. The van der Waals surface area contributed by atoms with E-state index in [9.17, 15) is 22.4 Å². The number of hydrogen-bond donors (Lipinski definition) is 2. The number of thiophene rings is 1. The Labute approximate surface area is 157 Å². The second-order valence-electron chi connectivity index (χ2n) is 5.80. The van der Waals surface area contributed by atoms with Crippen molar-refractivity contribution in [2.45, 2.75) is 31.5 Å². The molecule has 1 heterocycles. The minimum Gasteiger partial charge on any atom is -0.325 e. The first-order chi connectivity index (χ1) is 12.1. The molecular formula is C17H17ClF4N2OS. The number of benzene rings is 1. The maximum atomic E-state index is 13.2. The van der Waals surface area contributed by atoms with Gasteiger partial charge in [0.05, 0.1) is 11.1 Å². The van der Waals surface area contributed by atoms with Crippen molar-refractivity contribution in [3.8, 4) is 0 Å². The molecule has 1 aromatic heterocycles. The molecule has 0 bridgehead atoms. The van der Waals surface area contributed by atoms with Crippen LogP contribution >= 0.6 is 22.9 Å². The molecule has 0 fully saturated rings. The van der Waals surface area contributed by atoms with Crippen LogP contribution in [0.25, 0.3) is 0 Å². The normalized spacial score (nSPS) is 14.1. The van der Waals surface area contributed by atoms with Gasteiger partial charge in [0, 0.05) is 10.6 Å². The van der Waals surface area contributed by atoms with E-state index in [0.717, 1.165) is 12.1 Å². The van der Waals surface area contributed by atoms with Crippen LogP contribution in [0, 0.1) is 5.82 Å². The fourth-order valence-electron chi connectivity index (χ4n) is 2.40. The van der Waals surface area contributed by atoms with E-state index in [-0.39, 0.29) is 16.8 Å². The van der Waals surface area contributed by atoms with Crippen LogP contribution in [-0.2, 0) is 11.0 Å². The number of carbonyl (C=O) groups excluding carboxylic acids is 1. The number of rotatable bonds is 6. The number of carbonyl (C=O) groups is 1. The van der Waals surface area contributed by atoms with Gasteiger partial charge in [-0.3, -0.25) is 4.79 Å². The van der Waals surface area contributed by atoms with Crippen molar-refractivity contribution in [2.75, 3.05) is 12.4 Å². The lowest BCUT2D eigenvalue weighted by Crippen LogP contribution is -2.39. The quantitative estimate of drug-likeness (QED) is 0.638. The molecule has 142 valence electrons. The summed E-state index contributed by atoms with van der Waals surface area (Å²) < 4.78 is 51.3. The van der Waals surface area contributed by atoms with Crippen LogP contribution in [0.5, 0.6) is 0 Å². The zero-order valence-electron chi connectivity index (χ0n) is 14.0. The maximum Gasteiger partial charge on any atom is 0.425 e. The van der Waals surface area contributed by atoms with Crippen molar-refractivity contribution in [1.82, 2.24) is 5.32 Å². The largest absolute Gasteiger partial charge is 0.425 e. The lowest BCUT2D eigenvalue weighted by atomic mass is 9.99. The van der Waals surface area contributed by atoms with Gasteiger partial charge in [-0.05, 0) is 49.7 Å². The van der Waals surface area contributed by atoms with Crippen LogP contribution in [0.15, 0.2) is 30.3 Å². The molecule has 0 radical (unpaired) electrons. The van der Waals surface area contributed by atoms with Crippen LogP contribution in [0.3, 0.4) is 0 Å². The van der Waals surface area contributed by atoms with E-state index in [4.69, 9.17) is 11.6 Å². The van der Waals surface area contributed by atoms with Gasteiger partial charge in [-0.25, -0.2) is 4.39 Å². The van der Waals surface area contributed by atoms with Gasteiger partial charge in [0.2, 0.25) is 5.91 Å². The average Bonchev–Trinajstić information content (AvgIpc) is 3.06. The molecule has 0 aliphatic carbocycles. The smallest absolute Gasteiger partial charge is 0.325 e. The van der Waals surface area contributed by atoms with Crippen LogP contribution in [0.4, 0.5) is 23.2 Å². The molecule has 1 aromatic carbocycles. The summed E-state index contributed by atoms with van der Waals surface area (Å²) in [6.45, 7) is 1.76. The fraction of sp³-hybridized carbons (Fsp3) is 0.353. The molecule has 2 atom stereocenters. The summed E-state index contributed by atoms with van der Waals surface area (Å²) in [4.78, 5) is 12.3. The van der Waals surface area contributed by atoms with Crippen LogP contribution < -0.4 is 10.6 Å². The molecule has 0 aliphatic rings. The zero-order chi connectivity index (χ0) is 19.5. The predicted molar refractivity (Wildman–Crippen MR) is 95.2 cm³/mol. The highest BCUT2D eigenvalue weighted by Gasteiger charge is 2.33. The maximum absolute atomic E-state index is 13.2. The van der Waals surface area contributed by atoms with Crippen LogP contribution in [0.1, 0.15) is 29.0 Å². The highest BCUT2D eigenvalue weighted by atomic mass is 35.5. The van der Waals surface area contributed by atoms with E-state index in [1.165, 1.54) is 18.2 Å². The molecule has 3 nitrogen and oxygen atoms in total. The summed E-state index contributed by atoms with van der Waals surface area (Å²) in [5.74, 6) is -1.23. The van der Waals surface area contributed by atoms with Crippen molar-refractivity contribution in [3.63, 3.8) is 0 Å². The highest BCUT2D eigenvalue weighted by Crippen LogP contribution is 2.37. The van der Waals surface area contributed by atoms with Gasteiger partial charge in [0.1, 0.15) is 10.7 Å². The SMILES string of the molecule is CN[C@@H](C[C@@H](C)c1ccc(C(F)(F)F)s1)C(=O)Nc1ccc(F)c(Cl)c1. The van der Waals surface area contributed by atoms with Crippen molar-refractivity contribution >= 4 is 34.5 Å². The molecule has 0 saturated heterocycles. The Bertz CT molecular complexity index is 778. The Morgan fingerprint density at radius 2 is 1.96 bits per heavy atom. The van der Waals surface area contributed by atoms with Crippen molar-refractivity contribution < 1.29 is 22.4 Å². The summed E-state index contributed by atoms with van der Waals surface area (Å²) >= 11 is 6.36. The molecule has 0 saturated carbocycles. The number of alkyl halides is 3. The summed E-state index contributed by atoms with van der Waals surface area (Å²) in [6.07, 6.45) is -4.07. The van der Waals surface area contributed by atoms with Gasteiger partial charge < -0.3 is 10.6 Å². The van der Waals surface area contributed by atoms with E-state index in [2.05, 4.69) is 10.6 Å². The molecular weight excluding hydrogens is 392 g/mol. The van der Waals surface area contributed by atoms with E-state index in [1.807, 2.05) is 0 Å². The van der Waals surface area contributed by atoms with Gasteiger partial charge >= 0.3 is 6.18 Å². The second kappa shape index (κ2) is 8.37. The third-order valence-corrected chi connectivity index (χ3v) is 5.48. The lowest BCUT2D eigenvalue weighted by Gasteiger charge is -2.19. The molecule has 9 heteroatoms. The van der Waals surface area contributed by atoms with Gasteiger partial charge in [0.15, 0.2) is 0 Å².